The van der Waals surface area contributed by atoms with Gasteiger partial charge in [0.25, 0.3) is 0 Å². The molecular formula is C36H48BN3O10. The number of benzene rings is 3. The molecule has 3 rings (SSSR count). The van der Waals surface area contributed by atoms with Crippen LogP contribution in [0.15, 0.2) is 66.7 Å². The Bertz CT molecular complexity index is 1520. The number of amides is 3. The van der Waals surface area contributed by atoms with Gasteiger partial charge in [0.05, 0.1) is 27.8 Å². The molecule has 0 aliphatic carbocycles. The zero-order valence-electron chi connectivity index (χ0n) is 29.6. The molecule has 3 aromatic carbocycles. The molecule has 5 N–H and O–H groups in total. The second-order valence-electron chi connectivity index (χ2n) is 12.4. The van der Waals surface area contributed by atoms with Gasteiger partial charge in [-0.15, -0.1) is 0 Å². The monoisotopic (exact) mass is 693 g/mol. The Morgan fingerprint density at radius 2 is 1.38 bits per heavy atom. The second kappa shape index (κ2) is 19.4. The summed E-state index contributed by atoms with van der Waals surface area (Å²) in [7, 11) is 2.32. The highest BCUT2D eigenvalue weighted by atomic mass is 16.6. The van der Waals surface area contributed by atoms with Crippen LogP contribution in [-0.4, -0.2) is 74.7 Å². The van der Waals surface area contributed by atoms with E-state index in [1.807, 2.05) is 44.2 Å². The van der Waals surface area contributed by atoms with E-state index in [-0.39, 0.29) is 24.7 Å². The van der Waals surface area contributed by atoms with E-state index in [9.17, 15) is 24.4 Å². The smallest absolute Gasteiger partial charge is 0.493 e. The summed E-state index contributed by atoms with van der Waals surface area (Å²) in [5.74, 6) is 0.303. The summed E-state index contributed by atoms with van der Waals surface area (Å²) in [5.41, 5.74) is 1.25. The molecule has 0 bridgehead atoms. The largest absolute Gasteiger partial charge is 0.635 e. The molecule has 0 unspecified atom stereocenters. The lowest BCUT2D eigenvalue weighted by atomic mass is 9.99. The van der Waals surface area contributed by atoms with Crippen molar-refractivity contribution in [2.24, 2.45) is 11.8 Å². The van der Waals surface area contributed by atoms with Gasteiger partial charge in [-0.25, -0.2) is 0 Å². The third kappa shape index (κ3) is 12.3. The molecule has 13 nitrogen and oxygen atoms in total. The summed E-state index contributed by atoms with van der Waals surface area (Å²) in [6.45, 7) is 7.27. The van der Waals surface area contributed by atoms with Gasteiger partial charge in [0.1, 0.15) is 29.8 Å². The van der Waals surface area contributed by atoms with Crippen molar-refractivity contribution in [1.29, 1.82) is 0 Å². The first-order valence-corrected chi connectivity index (χ1v) is 16.4. The quantitative estimate of drug-likeness (QED) is 0.0926. The third-order valence-corrected chi connectivity index (χ3v) is 7.58. The minimum absolute atomic E-state index is 0.00761. The molecular weight excluding hydrogens is 645 g/mol. The topological polar surface area (TPSA) is 174 Å². The van der Waals surface area contributed by atoms with Crippen LogP contribution in [0, 0.1) is 11.8 Å². The van der Waals surface area contributed by atoms with E-state index >= 15 is 0 Å². The molecule has 0 saturated carbocycles. The van der Waals surface area contributed by atoms with Crippen molar-refractivity contribution >= 4 is 25.0 Å². The van der Waals surface area contributed by atoms with E-state index in [1.54, 1.807) is 50.2 Å². The highest BCUT2D eigenvalue weighted by Crippen LogP contribution is 2.38. The third-order valence-electron chi connectivity index (χ3n) is 7.58. The minimum atomic E-state index is -2.10. The number of para-hydroxylation sites is 1. The summed E-state index contributed by atoms with van der Waals surface area (Å²) < 4.78 is 27.4. The first kappa shape index (κ1) is 39.7. The fourth-order valence-electron chi connectivity index (χ4n) is 5.23. The highest BCUT2D eigenvalue weighted by Gasteiger charge is 2.32. The predicted octanol–water partition coefficient (Wildman–Crippen LogP) is 3.39. The molecule has 0 radical (unpaired) electrons. The summed E-state index contributed by atoms with van der Waals surface area (Å²) in [4.78, 5) is 40.9. The molecule has 0 fully saturated rings. The Morgan fingerprint density at radius 3 is 1.94 bits per heavy atom. The van der Waals surface area contributed by atoms with Crippen LogP contribution < -0.4 is 34.9 Å². The number of rotatable bonds is 19. The Kier molecular flexibility index (Phi) is 15.4. The van der Waals surface area contributed by atoms with Crippen LogP contribution in [0.2, 0.25) is 0 Å². The van der Waals surface area contributed by atoms with Gasteiger partial charge in [-0.2, -0.15) is 0 Å². The van der Waals surface area contributed by atoms with Crippen LogP contribution in [0.5, 0.6) is 28.7 Å². The number of carbonyl (C=O) groups excluding carboxylic acids is 3. The van der Waals surface area contributed by atoms with Crippen molar-refractivity contribution in [3.05, 3.63) is 77.9 Å². The fraction of sp³-hybridized carbons (Fsp3) is 0.417. The zero-order valence-corrected chi connectivity index (χ0v) is 29.6. The van der Waals surface area contributed by atoms with Crippen molar-refractivity contribution in [1.82, 2.24) is 16.0 Å². The van der Waals surface area contributed by atoms with Crippen molar-refractivity contribution in [2.75, 3.05) is 21.3 Å². The average Bonchev–Trinajstić information content (AvgIpc) is 3.06. The number of hydrogen-bond donors (Lipinski definition) is 5. The molecule has 0 heterocycles. The Hall–Kier alpha value is -4.79. The van der Waals surface area contributed by atoms with Gasteiger partial charge in [-0.1, -0.05) is 58.0 Å². The lowest BCUT2D eigenvalue weighted by molar-refractivity contribution is -0.134. The lowest BCUT2D eigenvalue weighted by Gasteiger charge is -2.28. The summed E-state index contributed by atoms with van der Waals surface area (Å²) in [6, 6.07) is 17.5. The van der Waals surface area contributed by atoms with Gasteiger partial charge < -0.3 is 49.6 Å². The van der Waals surface area contributed by atoms with Crippen molar-refractivity contribution in [3.8, 4) is 28.7 Å². The van der Waals surface area contributed by atoms with Gasteiger partial charge in [-0.05, 0) is 65.8 Å². The molecule has 0 aliphatic heterocycles. The van der Waals surface area contributed by atoms with Gasteiger partial charge in [0, 0.05) is 6.42 Å². The van der Waals surface area contributed by atoms with Crippen LogP contribution in [0.1, 0.15) is 45.2 Å². The van der Waals surface area contributed by atoms with E-state index in [0.29, 0.717) is 46.3 Å². The first-order valence-electron chi connectivity index (χ1n) is 16.4. The fourth-order valence-corrected chi connectivity index (χ4v) is 5.23. The zero-order chi connectivity index (χ0) is 36.8. The maximum absolute atomic E-state index is 14.0. The van der Waals surface area contributed by atoms with Crippen molar-refractivity contribution in [2.45, 2.75) is 65.3 Å². The van der Waals surface area contributed by atoms with E-state index in [1.165, 1.54) is 21.3 Å². The maximum Gasteiger partial charge on any atom is 0.635 e. The highest BCUT2D eigenvalue weighted by molar-refractivity contribution is 6.32. The number of nitrogens with one attached hydrogen (secondary N) is 3. The minimum Gasteiger partial charge on any atom is -0.493 e. The van der Waals surface area contributed by atoms with Gasteiger partial charge >= 0.3 is 7.32 Å². The number of methoxy groups -OCH3 is 3. The van der Waals surface area contributed by atoms with E-state index in [2.05, 4.69) is 16.0 Å². The molecule has 3 amide bonds. The number of hydrogen-bond acceptors (Lipinski definition) is 10. The summed E-state index contributed by atoms with van der Waals surface area (Å²) in [6.07, 6.45) is -0.777. The van der Waals surface area contributed by atoms with E-state index in [0.717, 1.165) is 0 Å². The molecule has 270 valence electrons. The van der Waals surface area contributed by atoms with Crippen molar-refractivity contribution < 1.29 is 48.0 Å². The Balaban J connectivity index is 1.87. The lowest BCUT2D eigenvalue weighted by Crippen LogP contribution is -2.57. The maximum atomic E-state index is 14.0. The Labute approximate surface area is 293 Å². The molecule has 0 aromatic heterocycles. The standard InChI is InChI=1S/C36H48BN3O10/c1-22(2)16-32(50-37(44)45)39-36(43)33(23(3)4)40-35(42)28(18-25-19-29(46-5)34(48-7)30(20-25)47-6)38-31(41)21-24-12-11-15-27(17-24)49-26-13-9-8-10-14-26/h8-15,17,19-20,22-23,28,32-33,44-45H,16,18,21H2,1-7H3,(H,38,41)(H,39,43)(H,40,42)/t28-,32+,33-/m0/s1. The van der Waals surface area contributed by atoms with Crippen LogP contribution in [0.4, 0.5) is 0 Å². The molecule has 50 heavy (non-hydrogen) atoms. The van der Waals surface area contributed by atoms with Crippen molar-refractivity contribution in [3.63, 3.8) is 0 Å². The molecule has 0 aliphatic rings. The van der Waals surface area contributed by atoms with Crippen LogP contribution in [-0.2, 0) is 31.9 Å². The molecule has 0 saturated heterocycles. The molecule has 14 heteroatoms. The summed E-state index contributed by atoms with van der Waals surface area (Å²) in [5, 5.41) is 27.0. The number of carbonyl (C=O) groups is 3. The van der Waals surface area contributed by atoms with Crippen LogP contribution in [0.3, 0.4) is 0 Å². The summed E-state index contributed by atoms with van der Waals surface area (Å²) >= 11 is 0. The molecule has 3 atom stereocenters. The normalized spacial score (nSPS) is 12.8. The van der Waals surface area contributed by atoms with Crippen LogP contribution in [0.25, 0.3) is 0 Å². The van der Waals surface area contributed by atoms with E-state index < -0.39 is 43.4 Å². The van der Waals surface area contributed by atoms with E-state index in [4.69, 9.17) is 23.6 Å². The molecule has 3 aromatic rings. The SMILES string of the molecule is COc1cc(C[C@H](NC(=O)Cc2cccc(Oc3ccccc3)c2)C(=O)N[C@H](C(=O)N[C@@H](CC(C)C)OB(O)O)C(C)C)cc(OC)c1OC. The van der Waals surface area contributed by atoms with Gasteiger partial charge in [0.2, 0.25) is 23.5 Å². The predicted molar refractivity (Wildman–Crippen MR) is 188 cm³/mol. The second-order valence-corrected chi connectivity index (χ2v) is 12.4. The van der Waals surface area contributed by atoms with Gasteiger partial charge in [0.15, 0.2) is 11.5 Å². The number of ether oxygens (including phenoxy) is 4. The first-order chi connectivity index (χ1) is 23.8. The Morgan fingerprint density at radius 1 is 0.740 bits per heavy atom. The van der Waals surface area contributed by atoms with Crippen LogP contribution >= 0.6 is 0 Å². The average molecular weight is 694 g/mol. The molecule has 0 spiro atoms. The van der Waals surface area contributed by atoms with Gasteiger partial charge in [-0.3, -0.25) is 14.4 Å².